The van der Waals surface area contributed by atoms with E-state index in [2.05, 4.69) is 24.3 Å². The molecule has 0 atom stereocenters. The summed E-state index contributed by atoms with van der Waals surface area (Å²) in [4.78, 5) is 0. The van der Waals surface area contributed by atoms with Crippen LogP contribution in [-0.2, 0) is 0 Å². The second-order valence-corrected chi connectivity index (χ2v) is 2.74. The lowest BCUT2D eigenvalue weighted by molar-refractivity contribution is 0.866. The van der Waals surface area contributed by atoms with Crippen LogP contribution >= 0.6 is 0 Å². The van der Waals surface area contributed by atoms with Crippen molar-refractivity contribution in [3.05, 3.63) is 36.5 Å². The summed E-state index contributed by atoms with van der Waals surface area (Å²) in [5.74, 6) is 0. The molecule has 70 valence electrons. The molecule has 0 aliphatic rings. The molecule has 0 bridgehead atoms. The van der Waals surface area contributed by atoms with Gasteiger partial charge in [-0.3, -0.25) is 0 Å². The van der Waals surface area contributed by atoms with Crippen molar-refractivity contribution >= 4 is 0 Å². The zero-order chi connectivity index (χ0) is 9.78. The first-order valence-corrected chi connectivity index (χ1v) is 4.72. The molecule has 0 heterocycles. The maximum Gasteiger partial charge on any atom is 0.0908 e. The third-order valence-corrected chi connectivity index (χ3v) is 1.61. The molecule has 0 spiro atoms. The highest BCUT2D eigenvalue weighted by atomic mass is 14.2. The summed E-state index contributed by atoms with van der Waals surface area (Å²) in [6.07, 6.45) is 16.3. The Balaban J connectivity index is 3.21. The minimum Gasteiger partial charge on any atom is -0.193 e. The van der Waals surface area contributed by atoms with Crippen molar-refractivity contribution in [3.63, 3.8) is 0 Å². The van der Waals surface area contributed by atoms with Crippen LogP contribution < -0.4 is 0 Å². The van der Waals surface area contributed by atoms with Gasteiger partial charge in [-0.15, -0.1) is 0 Å². The van der Waals surface area contributed by atoms with Gasteiger partial charge >= 0.3 is 0 Å². The van der Waals surface area contributed by atoms with Crippen LogP contribution in [0.15, 0.2) is 36.5 Å². The summed E-state index contributed by atoms with van der Waals surface area (Å²) >= 11 is 0. The summed E-state index contributed by atoms with van der Waals surface area (Å²) in [5, 5.41) is 8.21. The number of rotatable bonds is 6. The monoisotopic (exact) mass is 175 g/mol. The Labute approximate surface area is 81.1 Å². The third kappa shape index (κ3) is 10.7. The lowest BCUT2D eigenvalue weighted by Gasteiger charge is -1.88. The van der Waals surface area contributed by atoms with E-state index in [9.17, 15) is 0 Å². The van der Waals surface area contributed by atoms with Crippen LogP contribution in [0, 0.1) is 11.3 Å². The molecule has 1 heteroatoms. The Morgan fingerprint density at radius 1 is 1.08 bits per heavy atom. The van der Waals surface area contributed by atoms with E-state index in [0.717, 1.165) is 25.7 Å². The number of hydrogen-bond acceptors (Lipinski definition) is 1. The van der Waals surface area contributed by atoms with Gasteiger partial charge in [0.25, 0.3) is 0 Å². The molecule has 0 saturated carbocycles. The molecule has 0 aromatic carbocycles. The third-order valence-electron chi connectivity index (χ3n) is 1.61. The van der Waals surface area contributed by atoms with Crippen LogP contribution in [-0.4, -0.2) is 0 Å². The van der Waals surface area contributed by atoms with Gasteiger partial charge in [0.05, 0.1) is 6.07 Å². The molecular weight excluding hydrogens is 158 g/mol. The first-order chi connectivity index (χ1) is 6.41. The van der Waals surface area contributed by atoms with Gasteiger partial charge in [0, 0.05) is 6.08 Å². The van der Waals surface area contributed by atoms with Crippen LogP contribution in [0.2, 0.25) is 0 Å². The number of hydrogen-bond donors (Lipinski definition) is 0. The average molecular weight is 175 g/mol. The van der Waals surface area contributed by atoms with Gasteiger partial charge in [-0.1, -0.05) is 30.4 Å². The van der Waals surface area contributed by atoms with E-state index in [1.807, 2.05) is 19.1 Å². The molecule has 13 heavy (non-hydrogen) atoms. The lowest BCUT2D eigenvalue weighted by atomic mass is 10.2. The van der Waals surface area contributed by atoms with E-state index in [-0.39, 0.29) is 0 Å². The maximum absolute atomic E-state index is 8.21. The second-order valence-electron chi connectivity index (χ2n) is 2.74. The highest BCUT2D eigenvalue weighted by Crippen LogP contribution is 1.98. The van der Waals surface area contributed by atoms with Gasteiger partial charge in [0.1, 0.15) is 0 Å². The Bertz CT molecular complexity index is 216. The number of nitriles is 1. The molecule has 0 rings (SSSR count). The summed E-state index contributed by atoms with van der Waals surface area (Å²) in [7, 11) is 0. The fourth-order valence-electron chi connectivity index (χ4n) is 0.918. The fraction of sp³-hybridized carbons (Fsp3) is 0.417. The highest BCUT2D eigenvalue weighted by Gasteiger charge is 1.79. The Morgan fingerprint density at radius 3 is 2.54 bits per heavy atom. The van der Waals surface area contributed by atoms with E-state index in [1.54, 1.807) is 6.08 Å². The smallest absolute Gasteiger partial charge is 0.0908 e. The van der Waals surface area contributed by atoms with E-state index in [1.165, 1.54) is 0 Å². The minimum absolute atomic E-state index is 1.00. The van der Waals surface area contributed by atoms with E-state index in [0.29, 0.717) is 0 Å². The number of nitrogens with zero attached hydrogens (tertiary/aromatic N) is 1. The summed E-state index contributed by atoms with van der Waals surface area (Å²) in [5.41, 5.74) is 0. The zero-order valence-electron chi connectivity index (χ0n) is 8.24. The molecule has 0 aromatic rings. The van der Waals surface area contributed by atoms with Crippen molar-refractivity contribution in [2.24, 2.45) is 0 Å². The number of allylic oxidation sites excluding steroid dienone is 6. The molecule has 0 unspecified atom stereocenters. The van der Waals surface area contributed by atoms with Crippen molar-refractivity contribution in [3.8, 4) is 6.07 Å². The van der Waals surface area contributed by atoms with Gasteiger partial charge < -0.3 is 0 Å². The predicted molar refractivity (Wildman–Crippen MR) is 57.2 cm³/mol. The maximum atomic E-state index is 8.21. The zero-order valence-corrected chi connectivity index (χ0v) is 8.24. The topological polar surface area (TPSA) is 23.8 Å². The molecule has 0 fully saturated rings. The quantitative estimate of drug-likeness (QED) is 0.342. The SMILES string of the molecule is C/C=C/C/C=C/CCC/C=C/C#N. The van der Waals surface area contributed by atoms with Crippen LogP contribution in [0.4, 0.5) is 0 Å². The van der Waals surface area contributed by atoms with E-state index >= 15 is 0 Å². The van der Waals surface area contributed by atoms with Gasteiger partial charge in [-0.05, 0) is 32.6 Å². The molecule has 0 N–H and O–H groups in total. The van der Waals surface area contributed by atoms with Gasteiger partial charge in [-0.2, -0.15) is 5.26 Å². The Kier molecular flexibility index (Phi) is 9.65. The first kappa shape index (κ1) is 11.7. The summed E-state index contributed by atoms with van der Waals surface area (Å²) < 4.78 is 0. The van der Waals surface area contributed by atoms with Crippen molar-refractivity contribution in [2.45, 2.75) is 32.6 Å². The molecule has 0 amide bonds. The van der Waals surface area contributed by atoms with Crippen LogP contribution in [0.3, 0.4) is 0 Å². The Morgan fingerprint density at radius 2 is 1.85 bits per heavy atom. The van der Waals surface area contributed by atoms with Crippen LogP contribution in [0.25, 0.3) is 0 Å². The van der Waals surface area contributed by atoms with Crippen molar-refractivity contribution < 1.29 is 0 Å². The molecule has 1 nitrogen and oxygen atoms in total. The molecule has 0 saturated heterocycles. The Hall–Kier alpha value is -1.29. The van der Waals surface area contributed by atoms with E-state index in [4.69, 9.17) is 5.26 Å². The predicted octanol–water partition coefficient (Wildman–Crippen LogP) is 3.76. The molecule has 0 aliphatic heterocycles. The van der Waals surface area contributed by atoms with Crippen LogP contribution in [0.1, 0.15) is 32.6 Å². The standard InChI is InChI=1S/C12H17N/c1-2-3-4-5-6-7-8-9-10-11-12-13/h2-3,5-6,10-11H,4,7-9H2,1H3/b3-2+,6-5+,11-10+. The first-order valence-electron chi connectivity index (χ1n) is 4.72. The van der Waals surface area contributed by atoms with Crippen molar-refractivity contribution in [1.29, 1.82) is 5.26 Å². The molecular formula is C12H17N. The summed E-state index contributed by atoms with van der Waals surface area (Å²) in [6.45, 7) is 2.03. The van der Waals surface area contributed by atoms with Crippen molar-refractivity contribution in [2.75, 3.05) is 0 Å². The second kappa shape index (κ2) is 10.7. The molecule has 0 radical (unpaired) electrons. The van der Waals surface area contributed by atoms with Crippen molar-refractivity contribution in [1.82, 2.24) is 0 Å². The molecule has 0 aliphatic carbocycles. The number of unbranched alkanes of at least 4 members (excludes halogenated alkanes) is 2. The summed E-state index contributed by atoms with van der Waals surface area (Å²) in [6, 6.07) is 1.98. The fourth-order valence-corrected chi connectivity index (χ4v) is 0.918. The highest BCUT2D eigenvalue weighted by molar-refractivity contribution is 5.01. The van der Waals surface area contributed by atoms with Gasteiger partial charge in [0.2, 0.25) is 0 Å². The van der Waals surface area contributed by atoms with Gasteiger partial charge in [0.15, 0.2) is 0 Å². The lowest BCUT2D eigenvalue weighted by Crippen LogP contribution is -1.68. The molecule has 0 aromatic heterocycles. The average Bonchev–Trinajstić information content (AvgIpc) is 2.16. The largest absolute Gasteiger partial charge is 0.193 e. The van der Waals surface area contributed by atoms with Gasteiger partial charge in [-0.25, -0.2) is 0 Å². The van der Waals surface area contributed by atoms with Crippen LogP contribution in [0.5, 0.6) is 0 Å². The van der Waals surface area contributed by atoms with E-state index < -0.39 is 0 Å². The normalized spacial score (nSPS) is 11.7. The minimum atomic E-state index is 1.00.